The summed E-state index contributed by atoms with van der Waals surface area (Å²) in [6.07, 6.45) is -4.89. The Labute approximate surface area is 136 Å². The lowest BCUT2D eigenvalue weighted by Crippen LogP contribution is -2.59. The summed E-state index contributed by atoms with van der Waals surface area (Å²) in [6.45, 7) is 2.98. The number of halogens is 3. The molecule has 2 aromatic rings. The molecule has 0 radical (unpaired) electrons. The molecule has 1 atom stereocenters. The van der Waals surface area contributed by atoms with Crippen molar-refractivity contribution in [3.63, 3.8) is 0 Å². The van der Waals surface area contributed by atoms with Gasteiger partial charge in [0.2, 0.25) is 5.54 Å². The van der Waals surface area contributed by atoms with E-state index >= 15 is 0 Å². The number of carbonyl (C=O) groups excluding carboxylic acids is 1. The van der Waals surface area contributed by atoms with Crippen LogP contribution in [0.1, 0.15) is 16.7 Å². The lowest BCUT2D eigenvalue weighted by molar-refractivity contribution is -0.186. The van der Waals surface area contributed by atoms with E-state index in [0.29, 0.717) is 0 Å². The molecular formula is C17H15F3N2O2. The van der Waals surface area contributed by atoms with Crippen LogP contribution < -0.4 is 10.6 Å². The van der Waals surface area contributed by atoms with Gasteiger partial charge in [-0.15, -0.1) is 0 Å². The number of hydrogen-bond acceptors (Lipinski definition) is 3. The summed E-state index contributed by atoms with van der Waals surface area (Å²) in [5, 5.41) is 14.5. The number of hydrogen-bond donors (Lipinski definition) is 3. The van der Waals surface area contributed by atoms with E-state index < -0.39 is 17.6 Å². The number of aryl methyl sites for hydroxylation is 2. The van der Waals surface area contributed by atoms with E-state index in [1.54, 1.807) is 12.1 Å². The Morgan fingerprint density at radius 3 is 2.12 bits per heavy atom. The van der Waals surface area contributed by atoms with Crippen LogP contribution in [0.4, 0.5) is 24.5 Å². The molecule has 3 N–H and O–H groups in total. The molecule has 0 unspecified atom stereocenters. The summed E-state index contributed by atoms with van der Waals surface area (Å²) in [7, 11) is 0. The molecule has 0 aliphatic carbocycles. The molecule has 126 valence electrons. The standard InChI is InChI=1S/C17H15F3N2O2/c1-9-7-11(8-10(2)14(9)23)16(17(18,19)20)15(24)21-12-5-3-4-6-13(12)22-16/h3-8,22-23H,1-2H3,(H,21,24)/t16-/m1/s1. The van der Waals surface area contributed by atoms with E-state index in [1.807, 2.05) is 0 Å². The largest absolute Gasteiger partial charge is 0.507 e. The second-order valence-corrected chi connectivity index (χ2v) is 5.83. The summed E-state index contributed by atoms with van der Waals surface area (Å²) < 4.78 is 42.0. The van der Waals surface area contributed by atoms with Gasteiger partial charge in [-0.2, -0.15) is 13.2 Å². The van der Waals surface area contributed by atoms with Crippen LogP contribution >= 0.6 is 0 Å². The summed E-state index contributed by atoms with van der Waals surface area (Å²) in [5.41, 5.74) is -2.20. The molecule has 3 rings (SSSR count). The molecule has 0 saturated heterocycles. The van der Waals surface area contributed by atoms with Gasteiger partial charge < -0.3 is 15.7 Å². The molecule has 1 amide bonds. The maximum atomic E-state index is 14.0. The first kappa shape index (κ1) is 16.2. The van der Waals surface area contributed by atoms with Gasteiger partial charge in [-0.3, -0.25) is 4.79 Å². The topological polar surface area (TPSA) is 61.4 Å². The van der Waals surface area contributed by atoms with Crippen molar-refractivity contribution >= 4 is 17.3 Å². The van der Waals surface area contributed by atoms with E-state index in [0.717, 1.165) is 0 Å². The SMILES string of the molecule is Cc1cc([C@@]2(C(F)(F)F)Nc3ccccc3NC2=O)cc(C)c1O. The predicted octanol–water partition coefficient (Wildman–Crippen LogP) is 3.83. The van der Waals surface area contributed by atoms with E-state index in [2.05, 4.69) is 10.6 Å². The Bertz CT molecular complexity index is 810. The number of phenolic OH excluding ortho intramolecular Hbond substituents is 1. The van der Waals surface area contributed by atoms with Crippen molar-refractivity contribution in [2.45, 2.75) is 25.6 Å². The molecule has 0 bridgehead atoms. The number of nitrogens with one attached hydrogen (secondary N) is 2. The highest BCUT2D eigenvalue weighted by Gasteiger charge is 2.63. The number of benzene rings is 2. The molecule has 7 heteroatoms. The fourth-order valence-corrected chi connectivity index (χ4v) is 2.91. The van der Waals surface area contributed by atoms with Crippen molar-refractivity contribution in [3.8, 4) is 5.75 Å². The van der Waals surface area contributed by atoms with Crippen LogP contribution in [0.3, 0.4) is 0 Å². The van der Waals surface area contributed by atoms with Crippen LogP contribution in [0.25, 0.3) is 0 Å². The van der Waals surface area contributed by atoms with Crippen molar-refractivity contribution in [2.75, 3.05) is 10.6 Å². The average Bonchev–Trinajstić information content (AvgIpc) is 2.50. The number of para-hydroxylation sites is 2. The fourth-order valence-electron chi connectivity index (χ4n) is 2.91. The molecule has 1 heterocycles. The van der Waals surface area contributed by atoms with Gasteiger partial charge in [0.1, 0.15) is 5.75 Å². The van der Waals surface area contributed by atoms with Gasteiger partial charge in [0, 0.05) is 0 Å². The number of phenols is 1. The third-order valence-electron chi connectivity index (χ3n) is 4.19. The lowest BCUT2D eigenvalue weighted by atomic mass is 9.84. The van der Waals surface area contributed by atoms with Gasteiger partial charge >= 0.3 is 6.18 Å². The average molecular weight is 336 g/mol. The monoisotopic (exact) mass is 336 g/mol. The third-order valence-corrected chi connectivity index (χ3v) is 4.19. The quantitative estimate of drug-likeness (QED) is 0.742. The van der Waals surface area contributed by atoms with Gasteiger partial charge in [-0.05, 0) is 54.8 Å². The predicted molar refractivity (Wildman–Crippen MR) is 84.0 cm³/mol. The van der Waals surface area contributed by atoms with Crippen LogP contribution in [0.5, 0.6) is 5.75 Å². The number of rotatable bonds is 1. The molecule has 0 fully saturated rings. The zero-order valence-corrected chi connectivity index (χ0v) is 13.0. The van der Waals surface area contributed by atoms with E-state index in [9.17, 15) is 23.1 Å². The van der Waals surface area contributed by atoms with Crippen molar-refractivity contribution in [1.82, 2.24) is 0 Å². The molecule has 1 aliphatic heterocycles. The Balaban J connectivity index is 2.27. The summed E-state index contributed by atoms with van der Waals surface area (Å²) in [4.78, 5) is 12.5. The molecule has 24 heavy (non-hydrogen) atoms. The molecular weight excluding hydrogens is 321 g/mol. The minimum absolute atomic E-state index is 0.0901. The second kappa shape index (κ2) is 5.15. The number of carbonyl (C=O) groups is 1. The normalized spacial score (nSPS) is 20.1. The molecule has 0 spiro atoms. The minimum atomic E-state index is -4.89. The zero-order chi connectivity index (χ0) is 17.7. The number of fused-ring (bicyclic) bond motifs is 1. The molecule has 2 aromatic carbocycles. The fraction of sp³-hybridized carbons (Fsp3) is 0.235. The Kier molecular flexibility index (Phi) is 3.47. The highest BCUT2D eigenvalue weighted by molar-refractivity contribution is 6.07. The number of anilines is 2. The Hall–Kier alpha value is -2.70. The van der Waals surface area contributed by atoms with Crippen LogP contribution in [0.2, 0.25) is 0 Å². The highest BCUT2D eigenvalue weighted by Crippen LogP contribution is 2.47. The summed E-state index contributed by atoms with van der Waals surface area (Å²) in [6, 6.07) is 8.55. The van der Waals surface area contributed by atoms with E-state index in [-0.39, 0.29) is 33.8 Å². The number of alkyl halides is 3. The Morgan fingerprint density at radius 2 is 1.58 bits per heavy atom. The van der Waals surface area contributed by atoms with Crippen molar-refractivity contribution in [2.24, 2.45) is 0 Å². The van der Waals surface area contributed by atoms with Crippen LogP contribution in [0, 0.1) is 13.8 Å². The van der Waals surface area contributed by atoms with E-state index in [1.165, 1.54) is 38.1 Å². The first-order valence-corrected chi connectivity index (χ1v) is 7.23. The molecule has 4 nitrogen and oxygen atoms in total. The van der Waals surface area contributed by atoms with Gasteiger partial charge in [0.15, 0.2) is 0 Å². The minimum Gasteiger partial charge on any atom is -0.507 e. The van der Waals surface area contributed by atoms with Gasteiger partial charge in [-0.25, -0.2) is 0 Å². The molecule has 1 aliphatic rings. The third kappa shape index (κ3) is 2.19. The zero-order valence-electron chi connectivity index (χ0n) is 13.0. The summed E-state index contributed by atoms with van der Waals surface area (Å²) >= 11 is 0. The highest BCUT2D eigenvalue weighted by atomic mass is 19.4. The maximum Gasteiger partial charge on any atom is 0.424 e. The van der Waals surface area contributed by atoms with Crippen LogP contribution in [-0.2, 0) is 10.3 Å². The van der Waals surface area contributed by atoms with Crippen molar-refractivity contribution < 1.29 is 23.1 Å². The second-order valence-electron chi connectivity index (χ2n) is 5.83. The van der Waals surface area contributed by atoms with Crippen molar-refractivity contribution in [3.05, 3.63) is 53.1 Å². The van der Waals surface area contributed by atoms with Gasteiger partial charge in [0.05, 0.1) is 11.4 Å². The molecule has 0 saturated carbocycles. The van der Waals surface area contributed by atoms with Crippen LogP contribution in [-0.4, -0.2) is 17.2 Å². The first-order chi connectivity index (χ1) is 11.2. The lowest BCUT2D eigenvalue weighted by Gasteiger charge is -2.40. The number of aromatic hydroxyl groups is 1. The van der Waals surface area contributed by atoms with Crippen molar-refractivity contribution in [1.29, 1.82) is 0 Å². The van der Waals surface area contributed by atoms with E-state index in [4.69, 9.17) is 0 Å². The van der Waals surface area contributed by atoms with Gasteiger partial charge in [0.25, 0.3) is 5.91 Å². The molecule has 0 aromatic heterocycles. The first-order valence-electron chi connectivity index (χ1n) is 7.23. The maximum absolute atomic E-state index is 14.0. The number of amides is 1. The van der Waals surface area contributed by atoms with Crippen LogP contribution in [0.15, 0.2) is 36.4 Å². The summed E-state index contributed by atoms with van der Waals surface area (Å²) in [5.74, 6) is -1.30. The smallest absolute Gasteiger partial charge is 0.424 e. The Morgan fingerprint density at radius 1 is 1.04 bits per heavy atom. The van der Waals surface area contributed by atoms with Gasteiger partial charge in [-0.1, -0.05) is 12.1 Å².